The van der Waals surface area contributed by atoms with Gasteiger partial charge in [0.2, 0.25) is 10.0 Å². The van der Waals surface area contributed by atoms with Gasteiger partial charge in [0, 0.05) is 37.0 Å². The minimum atomic E-state index is -3.67. The van der Waals surface area contributed by atoms with Crippen LogP contribution < -0.4 is 0 Å². The van der Waals surface area contributed by atoms with E-state index in [4.69, 9.17) is 0 Å². The fourth-order valence-corrected chi connectivity index (χ4v) is 4.34. The summed E-state index contributed by atoms with van der Waals surface area (Å²) in [5, 5.41) is 9.32. The molecule has 6 nitrogen and oxygen atoms in total. The molecule has 1 N–H and O–H groups in total. The lowest BCUT2D eigenvalue weighted by Crippen LogP contribution is -2.37. The minimum Gasteiger partial charge on any atom is -0.478 e. The number of benzene rings is 1. The van der Waals surface area contributed by atoms with Crippen LogP contribution in [0.2, 0.25) is 0 Å². The molecule has 0 unspecified atom stereocenters. The molecule has 0 radical (unpaired) electrons. The third-order valence-electron chi connectivity index (χ3n) is 4.42. The molecule has 0 spiro atoms. The van der Waals surface area contributed by atoms with Crippen LogP contribution in [0.4, 0.5) is 0 Å². The number of aromatic carboxylic acids is 1. The van der Waals surface area contributed by atoms with Gasteiger partial charge < -0.3 is 5.11 Å². The summed E-state index contributed by atoms with van der Waals surface area (Å²) in [6, 6.07) is 6.44. The van der Waals surface area contributed by atoms with Crippen molar-refractivity contribution in [2.45, 2.75) is 31.7 Å². The highest BCUT2D eigenvalue weighted by Gasteiger charge is 2.31. The van der Waals surface area contributed by atoms with Crippen molar-refractivity contribution >= 4 is 16.0 Å². The van der Waals surface area contributed by atoms with Gasteiger partial charge in [-0.05, 0) is 43.2 Å². The molecule has 2 heterocycles. The smallest absolute Gasteiger partial charge is 0.336 e. The molecule has 0 atom stereocenters. The Hall–Kier alpha value is -2.25. The van der Waals surface area contributed by atoms with Crippen molar-refractivity contribution in [1.29, 1.82) is 0 Å². The number of carboxylic acids is 1. The van der Waals surface area contributed by atoms with Crippen LogP contribution in [0.15, 0.2) is 35.4 Å². The minimum absolute atomic E-state index is 0.0278. The number of aryl methyl sites for hydroxylation is 2. The molecule has 126 valence electrons. The standard InChI is InChI=1S/C17H18N2O4S/c1-11-3-4-13(9-12(11)2)24(22,23)19-8-6-16-15(10-19)14(17(20)21)5-7-18-16/h3-5,7,9H,6,8,10H2,1-2H3,(H,20,21). The van der Waals surface area contributed by atoms with Crippen molar-refractivity contribution in [3.63, 3.8) is 0 Å². The Morgan fingerprint density at radius 3 is 2.62 bits per heavy atom. The van der Waals surface area contributed by atoms with E-state index < -0.39 is 16.0 Å². The summed E-state index contributed by atoms with van der Waals surface area (Å²) in [6.07, 6.45) is 1.86. The summed E-state index contributed by atoms with van der Waals surface area (Å²) >= 11 is 0. The molecular weight excluding hydrogens is 328 g/mol. The van der Waals surface area contributed by atoms with E-state index in [9.17, 15) is 18.3 Å². The summed E-state index contributed by atoms with van der Waals surface area (Å²) in [4.78, 5) is 15.8. The molecule has 0 amide bonds. The van der Waals surface area contributed by atoms with Gasteiger partial charge in [0.25, 0.3) is 0 Å². The second kappa shape index (κ2) is 5.99. The summed E-state index contributed by atoms with van der Waals surface area (Å²) < 4.78 is 27.1. The van der Waals surface area contributed by atoms with E-state index in [2.05, 4.69) is 4.98 Å². The maximum absolute atomic E-state index is 12.9. The van der Waals surface area contributed by atoms with Crippen molar-refractivity contribution < 1.29 is 18.3 Å². The molecule has 24 heavy (non-hydrogen) atoms. The van der Waals surface area contributed by atoms with Gasteiger partial charge in [-0.3, -0.25) is 4.98 Å². The van der Waals surface area contributed by atoms with Crippen molar-refractivity contribution in [2.75, 3.05) is 6.54 Å². The Kier molecular flexibility index (Phi) is 4.15. The second-order valence-corrected chi connectivity index (χ2v) is 7.86. The first-order chi connectivity index (χ1) is 11.3. The van der Waals surface area contributed by atoms with Crippen LogP contribution in [0.5, 0.6) is 0 Å². The highest BCUT2D eigenvalue weighted by molar-refractivity contribution is 7.89. The Morgan fingerprint density at radius 1 is 1.21 bits per heavy atom. The zero-order valence-corrected chi connectivity index (χ0v) is 14.3. The van der Waals surface area contributed by atoms with Gasteiger partial charge in [-0.2, -0.15) is 4.31 Å². The van der Waals surface area contributed by atoms with E-state index in [0.717, 1.165) is 11.1 Å². The third-order valence-corrected chi connectivity index (χ3v) is 6.27. The monoisotopic (exact) mass is 346 g/mol. The van der Waals surface area contributed by atoms with Crippen molar-refractivity contribution in [3.05, 3.63) is 58.4 Å². The van der Waals surface area contributed by atoms with Crippen LogP contribution in [0.1, 0.15) is 32.7 Å². The Balaban J connectivity index is 2.00. The lowest BCUT2D eigenvalue weighted by atomic mass is 10.0. The van der Waals surface area contributed by atoms with E-state index in [0.29, 0.717) is 24.2 Å². The third kappa shape index (κ3) is 2.81. The van der Waals surface area contributed by atoms with Gasteiger partial charge >= 0.3 is 5.97 Å². The summed E-state index contributed by atoms with van der Waals surface area (Å²) in [7, 11) is -3.67. The summed E-state index contributed by atoms with van der Waals surface area (Å²) in [5.41, 5.74) is 3.17. The van der Waals surface area contributed by atoms with E-state index >= 15 is 0 Å². The Morgan fingerprint density at radius 2 is 1.96 bits per heavy atom. The molecule has 1 aromatic heterocycles. The van der Waals surface area contributed by atoms with Crippen molar-refractivity contribution in [2.24, 2.45) is 0 Å². The maximum Gasteiger partial charge on any atom is 0.336 e. The topological polar surface area (TPSA) is 87.6 Å². The second-order valence-electron chi connectivity index (χ2n) is 5.92. The van der Waals surface area contributed by atoms with Gasteiger partial charge in [0.1, 0.15) is 0 Å². The van der Waals surface area contributed by atoms with Gasteiger partial charge in [-0.25, -0.2) is 13.2 Å². The van der Waals surface area contributed by atoms with Crippen LogP contribution >= 0.6 is 0 Å². The van der Waals surface area contributed by atoms with Crippen LogP contribution in [0.25, 0.3) is 0 Å². The normalized spacial score (nSPS) is 15.1. The van der Waals surface area contributed by atoms with Gasteiger partial charge in [0.15, 0.2) is 0 Å². The number of hydrogen-bond donors (Lipinski definition) is 1. The van der Waals surface area contributed by atoms with Gasteiger partial charge in [-0.1, -0.05) is 6.07 Å². The molecular formula is C17H18N2O4S. The maximum atomic E-state index is 12.9. The highest BCUT2D eigenvalue weighted by Crippen LogP contribution is 2.27. The Labute approximate surface area is 140 Å². The number of pyridine rings is 1. The van der Waals surface area contributed by atoms with Gasteiger partial charge in [-0.15, -0.1) is 0 Å². The predicted molar refractivity (Wildman–Crippen MR) is 88.4 cm³/mol. The first-order valence-corrected chi connectivity index (χ1v) is 9.02. The van der Waals surface area contributed by atoms with Gasteiger partial charge in [0.05, 0.1) is 10.5 Å². The number of sulfonamides is 1. The van der Waals surface area contributed by atoms with Crippen molar-refractivity contribution in [3.8, 4) is 0 Å². The number of hydrogen-bond acceptors (Lipinski definition) is 4. The molecule has 2 aromatic rings. The molecule has 0 saturated carbocycles. The fraction of sp³-hybridized carbons (Fsp3) is 0.294. The van der Waals surface area contributed by atoms with Crippen LogP contribution in [-0.4, -0.2) is 35.3 Å². The lowest BCUT2D eigenvalue weighted by Gasteiger charge is -2.28. The number of fused-ring (bicyclic) bond motifs is 1. The van der Waals surface area contributed by atoms with Crippen LogP contribution in [0.3, 0.4) is 0 Å². The first-order valence-electron chi connectivity index (χ1n) is 7.58. The number of carboxylic acid groups (broad SMARTS) is 1. The van der Waals surface area contributed by atoms with E-state index in [1.165, 1.54) is 16.6 Å². The number of nitrogens with zero attached hydrogens (tertiary/aromatic N) is 2. The zero-order valence-electron chi connectivity index (χ0n) is 13.5. The van der Waals surface area contributed by atoms with E-state index in [1.807, 2.05) is 13.8 Å². The largest absolute Gasteiger partial charge is 0.478 e. The average Bonchev–Trinajstić information content (AvgIpc) is 2.56. The van der Waals surface area contributed by atoms with E-state index in [-0.39, 0.29) is 17.0 Å². The zero-order chi connectivity index (χ0) is 17.5. The molecule has 1 aliphatic rings. The molecule has 1 aliphatic heterocycles. The molecule has 1 aromatic carbocycles. The molecule has 0 saturated heterocycles. The number of carbonyl (C=O) groups is 1. The lowest BCUT2D eigenvalue weighted by molar-refractivity contribution is 0.0694. The molecule has 0 fully saturated rings. The summed E-state index contributed by atoms with van der Waals surface area (Å²) in [5.74, 6) is -1.07. The fourth-order valence-electron chi connectivity index (χ4n) is 2.84. The number of rotatable bonds is 3. The Bertz CT molecular complexity index is 922. The first kappa shape index (κ1) is 16.6. The quantitative estimate of drug-likeness (QED) is 0.920. The molecule has 3 rings (SSSR count). The SMILES string of the molecule is Cc1ccc(S(=O)(=O)N2CCc3nccc(C(=O)O)c3C2)cc1C. The van der Waals surface area contributed by atoms with Crippen molar-refractivity contribution in [1.82, 2.24) is 9.29 Å². The molecule has 0 bridgehead atoms. The molecule has 0 aliphatic carbocycles. The predicted octanol–water partition coefficient (Wildman–Crippen LogP) is 2.14. The molecule has 7 heteroatoms. The van der Waals surface area contributed by atoms with Crippen LogP contribution in [-0.2, 0) is 23.0 Å². The van der Waals surface area contributed by atoms with E-state index in [1.54, 1.807) is 18.2 Å². The number of aromatic nitrogens is 1. The highest BCUT2D eigenvalue weighted by atomic mass is 32.2. The summed E-state index contributed by atoms with van der Waals surface area (Å²) in [6.45, 7) is 4.11. The van der Waals surface area contributed by atoms with Crippen LogP contribution in [0, 0.1) is 13.8 Å². The average molecular weight is 346 g/mol.